The van der Waals surface area contributed by atoms with Crippen molar-refractivity contribution in [3.8, 4) is 0 Å². The number of fused-ring (bicyclic) bond motifs is 1. The van der Waals surface area contributed by atoms with Crippen molar-refractivity contribution in [3.63, 3.8) is 0 Å². The van der Waals surface area contributed by atoms with Gasteiger partial charge >= 0.3 is 0 Å². The largest absolute Gasteiger partial charge is 0.315 e. The summed E-state index contributed by atoms with van der Waals surface area (Å²) in [4.78, 5) is 16.4. The number of nitrogens with one attached hydrogen (secondary N) is 1. The van der Waals surface area contributed by atoms with Crippen molar-refractivity contribution >= 4 is 23.4 Å². The number of anilines is 1. The van der Waals surface area contributed by atoms with E-state index in [9.17, 15) is 4.79 Å². The zero-order chi connectivity index (χ0) is 14.7. The van der Waals surface area contributed by atoms with Gasteiger partial charge in [-0.2, -0.15) is 11.8 Å². The third-order valence-corrected chi connectivity index (χ3v) is 5.29. The van der Waals surface area contributed by atoms with Crippen LogP contribution in [-0.2, 0) is 4.79 Å². The van der Waals surface area contributed by atoms with E-state index in [1.807, 2.05) is 30.9 Å². The van der Waals surface area contributed by atoms with Gasteiger partial charge in [-0.15, -0.1) is 0 Å². The first-order valence-corrected chi connectivity index (χ1v) is 8.80. The Bertz CT molecular complexity index is 502. The lowest BCUT2D eigenvalue weighted by molar-refractivity contribution is -0.119. The molecule has 0 bridgehead atoms. The molecule has 0 aromatic heterocycles. The highest BCUT2D eigenvalue weighted by Gasteiger charge is 2.28. The highest BCUT2D eigenvalue weighted by molar-refractivity contribution is 7.99. The molecule has 114 valence electrons. The van der Waals surface area contributed by atoms with Gasteiger partial charge in [-0.1, -0.05) is 18.2 Å². The summed E-state index contributed by atoms with van der Waals surface area (Å²) in [7, 11) is 1.86. The van der Waals surface area contributed by atoms with Crippen molar-refractivity contribution in [1.82, 2.24) is 10.2 Å². The van der Waals surface area contributed by atoms with E-state index in [1.165, 1.54) is 30.2 Å². The van der Waals surface area contributed by atoms with Crippen molar-refractivity contribution < 1.29 is 4.79 Å². The number of amides is 1. The van der Waals surface area contributed by atoms with Gasteiger partial charge in [-0.05, 0) is 11.6 Å². The molecule has 1 fully saturated rings. The Morgan fingerprint density at radius 2 is 2.05 bits per heavy atom. The SMILES string of the molecule is CN1C(=O)CC(NCCN2CCSCC2)c2ccccc21. The summed E-state index contributed by atoms with van der Waals surface area (Å²) < 4.78 is 0. The molecule has 5 heteroatoms. The summed E-state index contributed by atoms with van der Waals surface area (Å²) in [5, 5.41) is 3.58. The Morgan fingerprint density at radius 1 is 1.29 bits per heavy atom. The Kier molecular flexibility index (Phi) is 4.83. The first-order valence-electron chi connectivity index (χ1n) is 7.64. The molecule has 2 aliphatic rings. The number of carbonyl (C=O) groups is 1. The predicted octanol–water partition coefficient (Wildman–Crippen LogP) is 1.73. The van der Waals surface area contributed by atoms with Crippen molar-refractivity contribution in [1.29, 1.82) is 0 Å². The van der Waals surface area contributed by atoms with Crippen molar-refractivity contribution in [2.45, 2.75) is 12.5 Å². The number of para-hydroxylation sites is 1. The minimum atomic E-state index is 0.157. The molecule has 0 aliphatic carbocycles. The van der Waals surface area contributed by atoms with E-state index < -0.39 is 0 Å². The maximum absolute atomic E-state index is 12.1. The Balaban J connectivity index is 1.60. The molecule has 1 saturated heterocycles. The van der Waals surface area contributed by atoms with Crippen LogP contribution in [0.15, 0.2) is 24.3 Å². The lowest BCUT2D eigenvalue weighted by Crippen LogP contribution is -2.41. The highest BCUT2D eigenvalue weighted by Crippen LogP contribution is 2.33. The van der Waals surface area contributed by atoms with Gasteiger partial charge in [0.25, 0.3) is 0 Å². The van der Waals surface area contributed by atoms with E-state index in [-0.39, 0.29) is 11.9 Å². The van der Waals surface area contributed by atoms with Gasteiger partial charge in [0, 0.05) is 62.9 Å². The second kappa shape index (κ2) is 6.81. The van der Waals surface area contributed by atoms with Crippen molar-refractivity contribution in [2.75, 3.05) is 49.6 Å². The first kappa shape index (κ1) is 14.9. The number of rotatable bonds is 4. The fraction of sp³-hybridized carbons (Fsp3) is 0.562. The second-order valence-corrected chi connectivity index (χ2v) is 6.90. The fourth-order valence-electron chi connectivity index (χ4n) is 3.05. The maximum Gasteiger partial charge on any atom is 0.228 e. The third-order valence-electron chi connectivity index (χ3n) is 4.35. The maximum atomic E-state index is 12.1. The Hall–Kier alpha value is -1.04. The molecule has 0 radical (unpaired) electrons. The van der Waals surface area contributed by atoms with Gasteiger partial charge in [-0.3, -0.25) is 4.79 Å². The van der Waals surface area contributed by atoms with Crippen LogP contribution in [0.4, 0.5) is 5.69 Å². The van der Waals surface area contributed by atoms with Gasteiger partial charge in [0.05, 0.1) is 0 Å². The lowest BCUT2D eigenvalue weighted by atomic mass is 9.96. The van der Waals surface area contributed by atoms with Crippen LogP contribution in [0.25, 0.3) is 0 Å². The van der Waals surface area contributed by atoms with Crippen LogP contribution < -0.4 is 10.2 Å². The third kappa shape index (κ3) is 3.42. The van der Waals surface area contributed by atoms with E-state index in [2.05, 4.69) is 22.3 Å². The number of hydrogen-bond acceptors (Lipinski definition) is 4. The van der Waals surface area contributed by atoms with Gasteiger partial charge in [0.1, 0.15) is 0 Å². The van der Waals surface area contributed by atoms with E-state index in [0.717, 1.165) is 18.8 Å². The van der Waals surface area contributed by atoms with Gasteiger partial charge < -0.3 is 15.1 Å². The van der Waals surface area contributed by atoms with Gasteiger partial charge in [-0.25, -0.2) is 0 Å². The molecule has 1 amide bonds. The summed E-state index contributed by atoms with van der Waals surface area (Å²) in [5.74, 6) is 2.69. The topological polar surface area (TPSA) is 35.6 Å². The molecule has 1 unspecified atom stereocenters. The first-order chi connectivity index (χ1) is 10.3. The second-order valence-electron chi connectivity index (χ2n) is 5.68. The summed E-state index contributed by atoms with van der Waals surface area (Å²) in [6, 6.07) is 8.37. The average molecular weight is 305 g/mol. The molecule has 1 aromatic rings. The van der Waals surface area contributed by atoms with E-state index >= 15 is 0 Å². The molecule has 1 N–H and O–H groups in total. The Morgan fingerprint density at radius 3 is 2.86 bits per heavy atom. The summed E-state index contributed by atoms with van der Waals surface area (Å²) >= 11 is 2.04. The minimum Gasteiger partial charge on any atom is -0.315 e. The fourth-order valence-corrected chi connectivity index (χ4v) is 4.03. The molecule has 2 heterocycles. The van der Waals surface area contributed by atoms with E-state index in [4.69, 9.17) is 0 Å². The van der Waals surface area contributed by atoms with E-state index in [1.54, 1.807) is 4.90 Å². The van der Waals surface area contributed by atoms with Crippen LogP contribution >= 0.6 is 11.8 Å². The molecular weight excluding hydrogens is 282 g/mol. The van der Waals surface area contributed by atoms with Gasteiger partial charge in [0.2, 0.25) is 5.91 Å². The highest BCUT2D eigenvalue weighted by atomic mass is 32.2. The quantitative estimate of drug-likeness (QED) is 0.919. The summed E-state index contributed by atoms with van der Waals surface area (Å²) in [6.07, 6.45) is 0.559. The number of nitrogens with zero attached hydrogens (tertiary/aromatic N) is 2. The average Bonchev–Trinajstić information content (AvgIpc) is 2.53. The van der Waals surface area contributed by atoms with Crippen LogP contribution in [0.5, 0.6) is 0 Å². The standard InChI is InChI=1S/C16H23N3OS/c1-18-15-5-3-2-4-13(15)14(12-16(18)20)17-6-7-19-8-10-21-11-9-19/h2-5,14,17H,6-12H2,1H3. The Labute approximate surface area is 130 Å². The molecule has 2 aliphatic heterocycles. The number of carbonyl (C=O) groups excluding carboxylic acids is 1. The summed E-state index contributed by atoms with van der Waals surface area (Å²) in [6.45, 7) is 4.40. The lowest BCUT2D eigenvalue weighted by Gasteiger charge is -2.33. The molecule has 0 saturated carbocycles. The molecule has 1 atom stereocenters. The van der Waals surface area contributed by atoms with Crippen LogP contribution in [0.2, 0.25) is 0 Å². The number of thioether (sulfide) groups is 1. The van der Waals surface area contributed by atoms with Gasteiger partial charge in [0.15, 0.2) is 0 Å². The number of hydrogen-bond donors (Lipinski definition) is 1. The molecule has 3 rings (SSSR count). The molecule has 4 nitrogen and oxygen atoms in total. The number of benzene rings is 1. The van der Waals surface area contributed by atoms with Crippen molar-refractivity contribution in [2.24, 2.45) is 0 Å². The summed E-state index contributed by atoms with van der Waals surface area (Å²) in [5.41, 5.74) is 2.29. The predicted molar refractivity (Wildman–Crippen MR) is 89.0 cm³/mol. The molecule has 1 aromatic carbocycles. The van der Waals surface area contributed by atoms with Crippen LogP contribution in [0, 0.1) is 0 Å². The zero-order valence-corrected chi connectivity index (χ0v) is 13.4. The van der Waals surface area contributed by atoms with Crippen molar-refractivity contribution in [3.05, 3.63) is 29.8 Å². The normalized spacial score (nSPS) is 23.2. The molecule has 0 spiro atoms. The van der Waals surface area contributed by atoms with Crippen LogP contribution in [0.3, 0.4) is 0 Å². The van der Waals surface area contributed by atoms with Crippen LogP contribution in [0.1, 0.15) is 18.0 Å². The molecule has 21 heavy (non-hydrogen) atoms. The van der Waals surface area contributed by atoms with Crippen LogP contribution in [-0.4, -0.2) is 55.5 Å². The smallest absolute Gasteiger partial charge is 0.228 e. The molecular formula is C16H23N3OS. The monoisotopic (exact) mass is 305 g/mol. The van der Waals surface area contributed by atoms with E-state index in [0.29, 0.717) is 6.42 Å². The zero-order valence-electron chi connectivity index (χ0n) is 12.5. The minimum absolute atomic E-state index is 0.157.